The van der Waals surface area contributed by atoms with E-state index in [9.17, 15) is 0 Å². The normalized spacial score (nSPS) is 11.1. The van der Waals surface area contributed by atoms with Crippen molar-refractivity contribution in [3.8, 4) is 0 Å². The SMILES string of the molecule is CC(C)c1nc(Cl)n(C)c1Cl. The second kappa shape index (κ2) is 3.03. The predicted octanol–water partition coefficient (Wildman–Crippen LogP) is 2.85. The molecule has 0 amide bonds. The first-order valence-corrected chi connectivity index (χ1v) is 4.17. The van der Waals surface area contributed by atoms with E-state index in [-0.39, 0.29) is 0 Å². The molecule has 0 aliphatic rings. The van der Waals surface area contributed by atoms with Gasteiger partial charge in [0.1, 0.15) is 5.15 Å². The number of hydrogen-bond donors (Lipinski definition) is 0. The molecule has 0 radical (unpaired) electrons. The van der Waals surface area contributed by atoms with E-state index in [1.54, 1.807) is 11.6 Å². The van der Waals surface area contributed by atoms with E-state index in [2.05, 4.69) is 4.98 Å². The van der Waals surface area contributed by atoms with Crippen LogP contribution in [0.15, 0.2) is 0 Å². The highest BCUT2D eigenvalue weighted by atomic mass is 35.5. The first kappa shape index (κ1) is 8.88. The molecule has 1 aromatic rings. The van der Waals surface area contributed by atoms with Gasteiger partial charge in [0.15, 0.2) is 0 Å². The van der Waals surface area contributed by atoms with Gasteiger partial charge in [-0.25, -0.2) is 4.98 Å². The minimum absolute atomic E-state index is 0.321. The fourth-order valence-electron chi connectivity index (χ4n) is 0.841. The number of halogens is 2. The van der Waals surface area contributed by atoms with E-state index in [1.165, 1.54) is 0 Å². The van der Waals surface area contributed by atoms with Crippen molar-refractivity contribution in [3.05, 3.63) is 16.1 Å². The zero-order valence-corrected chi connectivity index (χ0v) is 8.24. The standard InChI is InChI=1S/C7H10Cl2N2/c1-4(2)5-6(8)11(3)7(9)10-5/h4H,1-3H3. The molecule has 11 heavy (non-hydrogen) atoms. The van der Waals surface area contributed by atoms with Crippen LogP contribution in [0.1, 0.15) is 25.5 Å². The van der Waals surface area contributed by atoms with Crippen molar-refractivity contribution < 1.29 is 0 Å². The summed E-state index contributed by atoms with van der Waals surface area (Å²) in [6, 6.07) is 0. The number of imidazole rings is 1. The summed E-state index contributed by atoms with van der Waals surface area (Å²) in [5.74, 6) is 0.321. The van der Waals surface area contributed by atoms with E-state index in [1.807, 2.05) is 13.8 Å². The van der Waals surface area contributed by atoms with Crippen molar-refractivity contribution in [2.45, 2.75) is 19.8 Å². The molecule has 0 aromatic carbocycles. The molecular formula is C7H10Cl2N2. The number of rotatable bonds is 1. The van der Waals surface area contributed by atoms with E-state index in [0.717, 1.165) is 5.69 Å². The number of nitrogens with zero attached hydrogens (tertiary/aromatic N) is 2. The van der Waals surface area contributed by atoms with Gasteiger partial charge >= 0.3 is 0 Å². The van der Waals surface area contributed by atoms with Gasteiger partial charge in [-0.1, -0.05) is 25.4 Å². The smallest absolute Gasteiger partial charge is 0.203 e. The van der Waals surface area contributed by atoms with Gasteiger partial charge in [-0.3, -0.25) is 0 Å². The Kier molecular flexibility index (Phi) is 2.45. The largest absolute Gasteiger partial charge is 0.309 e. The highest BCUT2D eigenvalue weighted by molar-refractivity contribution is 6.33. The third kappa shape index (κ3) is 1.52. The molecule has 1 aromatic heterocycles. The van der Waals surface area contributed by atoms with Crippen LogP contribution >= 0.6 is 23.2 Å². The van der Waals surface area contributed by atoms with Crippen LogP contribution in [0.25, 0.3) is 0 Å². The lowest BCUT2D eigenvalue weighted by atomic mass is 10.2. The molecule has 0 aliphatic heterocycles. The first-order chi connectivity index (χ1) is 5.04. The Morgan fingerprint density at radius 3 is 2.09 bits per heavy atom. The second-order valence-corrected chi connectivity index (χ2v) is 3.47. The summed E-state index contributed by atoms with van der Waals surface area (Å²) in [4.78, 5) is 4.11. The molecule has 0 saturated carbocycles. The zero-order valence-electron chi connectivity index (χ0n) is 6.73. The van der Waals surface area contributed by atoms with Gasteiger partial charge in [0.25, 0.3) is 0 Å². The molecule has 4 heteroatoms. The van der Waals surface area contributed by atoms with Crippen molar-refractivity contribution in [1.82, 2.24) is 9.55 Å². The fourth-order valence-corrected chi connectivity index (χ4v) is 1.40. The summed E-state index contributed by atoms with van der Waals surface area (Å²) in [7, 11) is 1.80. The fraction of sp³-hybridized carbons (Fsp3) is 0.571. The third-order valence-electron chi connectivity index (χ3n) is 1.54. The monoisotopic (exact) mass is 192 g/mol. The van der Waals surface area contributed by atoms with Gasteiger partial charge in [0.05, 0.1) is 5.69 Å². The average molecular weight is 193 g/mol. The lowest BCUT2D eigenvalue weighted by molar-refractivity contribution is 0.829. The topological polar surface area (TPSA) is 17.8 Å². The van der Waals surface area contributed by atoms with Crippen molar-refractivity contribution >= 4 is 23.2 Å². The average Bonchev–Trinajstić information content (AvgIpc) is 2.17. The molecule has 0 spiro atoms. The van der Waals surface area contributed by atoms with Gasteiger partial charge in [-0.2, -0.15) is 0 Å². The predicted molar refractivity (Wildman–Crippen MR) is 47.3 cm³/mol. The molecule has 0 unspecified atom stereocenters. The highest BCUT2D eigenvalue weighted by Crippen LogP contribution is 2.25. The van der Waals surface area contributed by atoms with E-state index >= 15 is 0 Å². The van der Waals surface area contributed by atoms with Crippen LogP contribution in [-0.4, -0.2) is 9.55 Å². The summed E-state index contributed by atoms with van der Waals surface area (Å²) in [6.45, 7) is 4.06. The van der Waals surface area contributed by atoms with Crippen molar-refractivity contribution in [3.63, 3.8) is 0 Å². The molecule has 0 aliphatic carbocycles. The minimum atomic E-state index is 0.321. The molecule has 0 saturated heterocycles. The molecule has 0 atom stereocenters. The molecule has 0 N–H and O–H groups in total. The zero-order chi connectivity index (χ0) is 8.59. The molecule has 1 rings (SSSR count). The Morgan fingerprint density at radius 1 is 1.36 bits per heavy atom. The van der Waals surface area contributed by atoms with Gasteiger partial charge < -0.3 is 4.57 Å². The number of aromatic nitrogens is 2. The van der Waals surface area contributed by atoms with Crippen LogP contribution < -0.4 is 0 Å². The van der Waals surface area contributed by atoms with Gasteiger partial charge in [0.2, 0.25) is 5.28 Å². The molecule has 2 nitrogen and oxygen atoms in total. The van der Waals surface area contributed by atoms with Crippen LogP contribution in [0.5, 0.6) is 0 Å². The number of hydrogen-bond acceptors (Lipinski definition) is 1. The summed E-state index contributed by atoms with van der Waals surface area (Å²) in [5, 5.41) is 1.07. The van der Waals surface area contributed by atoms with E-state index < -0.39 is 0 Å². The second-order valence-electron chi connectivity index (χ2n) is 2.77. The third-order valence-corrected chi connectivity index (χ3v) is 2.33. The van der Waals surface area contributed by atoms with E-state index in [0.29, 0.717) is 16.4 Å². The Hall–Kier alpha value is -0.210. The maximum Gasteiger partial charge on any atom is 0.203 e. The van der Waals surface area contributed by atoms with Gasteiger partial charge in [-0.05, 0) is 17.5 Å². The quantitative estimate of drug-likeness (QED) is 0.670. The summed E-state index contributed by atoms with van der Waals surface area (Å²) >= 11 is 11.7. The molecule has 0 bridgehead atoms. The van der Waals surface area contributed by atoms with Crippen molar-refractivity contribution in [2.75, 3.05) is 0 Å². The van der Waals surface area contributed by atoms with Crippen molar-refractivity contribution in [2.24, 2.45) is 7.05 Å². The van der Waals surface area contributed by atoms with Crippen LogP contribution in [-0.2, 0) is 7.05 Å². The molecule has 1 heterocycles. The van der Waals surface area contributed by atoms with Crippen LogP contribution in [0.4, 0.5) is 0 Å². The Bertz CT molecular complexity index is 266. The summed E-state index contributed by atoms with van der Waals surface area (Å²) < 4.78 is 1.67. The van der Waals surface area contributed by atoms with Crippen LogP contribution in [0, 0.1) is 0 Å². The van der Waals surface area contributed by atoms with Gasteiger partial charge in [-0.15, -0.1) is 0 Å². The highest BCUT2D eigenvalue weighted by Gasteiger charge is 2.13. The lowest BCUT2D eigenvalue weighted by Crippen LogP contribution is -1.89. The maximum absolute atomic E-state index is 5.93. The Morgan fingerprint density at radius 2 is 1.91 bits per heavy atom. The van der Waals surface area contributed by atoms with Crippen molar-refractivity contribution in [1.29, 1.82) is 0 Å². The van der Waals surface area contributed by atoms with Crippen LogP contribution in [0.2, 0.25) is 10.4 Å². The first-order valence-electron chi connectivity index (χ1n) is 3.41. The lowest BCUT2D eigenvalue weighted by Gasteiger charge is -1.99. The molecule has 0 fully saturated rings. The Balaban J connectivity index is 3.19. The van der Waals surface area contributed by atoms with E-state index in [4.69, 9.17) is 23.2 Å². The molecular weight excluding hydrogens is 183 g/mol. The van der Waals surface area contributed by atoms with Crippen LogP contribution in [0.3, 0.4) is 0 Å². The summed E-state index contributed by atoms with van der Waals surface area (Å²) in [5.41, 5.74) is 0.860. The molecule has 62 valence electrons. The maximum atomic E-state index is 5.93. The van der Waals surface area contributed by atoms with Gasteiger partial charge in [0, 0.05) is 7.05 Å². The Labute approximate surface area is 76.1 Å². The summed E-state index contributed by atoms with van der Waals surface area (Å²) in [6.07, 6.45) is 0. The minimum Gasteiger partial charge on any atom is -0.309 e.